The van der Waals surface area contributed by atoms with Gasteiger partial charge in [-0.3, -0.25) is 4.90 Å². The molecule has 24 heavy (non-hydrogen) atoms. The first-order valence-corrected chi connectivity index (χ1v) is 8.08. The summed E-state index contributed by atoms with van der Waals surface area (Å²) < 4.78 is 0. The molecule has 0 aromatic carbocycles. The molecule has 0 spiro atoms. The molecule has 0 aliphatic carbocycles. The molecule has 8 nitrogen and oxygen atoms in total. The second kappa shape index (κ2) is 7.61. The number of rotatable bonds is 6. The summed E-state index contributed by atoms with van der Waals surface area (Å²) in [6.45, 7) is 2.54. The summed E-state index contributed by atoms with van der Waals surface area (Å²) in [7, 11) is 0. The van der Waals surface area contributed by atoms with E-state index in [1.54, 1.807) is 18.5 Å². The van der Waals surface area contributed by atoms with Crippen molar-refractivity contribution >= 4 is 11.8 Å². The van der Waals surface area contributed by atoms with Crippen LogP contribution in [0, 0.1) is 6.92 Å². The molecule has 0 saturated carbocycles. The van der Waals surface area contributed by atoms with Gasteiger partial charge in [0.1, 0.15) is 11.6 Å². The minimum Gasteiger partial charge on any atom is -0.395 e. The average molecular weight is 330 g/mol. The van der Waals surface area contributed by atoms with Crippen molar-refractivity contribution in [2.24, 2.45) is 0 Å². The fourth-order valence-corrected chi connectivity index (χ4v) is 3.11. The molecule has 0 bridgehead atoms. The van der Waals surface area contributed by atoms with Gasteiger partial charge in [0, 0.05) is 18.5 Å². The van der Waals surface area contributed by atoms with Crippen molar-refractivity contribution < 1.29 is 10.2 Å². The zero-order valence-corrected chi connectivity index (χ0v) is 13.6. The fourth-order valence-electron chi connectivity index (χ4n) is 3.11. The van der Waals surface area contributed by atoms with Gasteiger partial charge in [-0.2, -0.15) is 0 Å². The molecule has 8 heteroatoms. The minimum atomic E-state index is -0.262. The number of anilines is 2. The molecule has 2 aromatic heterocycles. The van der Waals surface area contributed by atoms with Crippen LogP contribution in [0.1, 0.15) is 30.4 Å². The summed E-state index contributed by atoms with van der Waals surface area (Å²) in [5.41, 5.74) is 0.880. The van der Waals surface area contributed by atoms with E-state index in [0.29, 0.717) is 17.6 Å². The second-order valence-corrected chi connectivity index (χ2v) is 5.84. The minimum absolute atomic E-state index is 0.0632. The monoisotopic (exact) mass is 330 g/mol. The van der Waals surface area contributed by atoms with Gasteiger partial charge in [0.2, 0.25) is 5.95 Å². The Kier molecular flexibility index (Phi) is 5.29. The SMILES string of the molecule is Cc1nc(Nc2ncccn2)cc(C2CCCN2C(CO)CO)n1. The Morgan fingerprint density at radius 1 is 1.25 bits per heavy atom. The number of aryl methyl sites for hydroxylation is 1. The third-order valence-corrected chi connectivity index (χ3v) is 4.19. The van der Waals surface area contributed by atoms with E-state index < -0.39 is 0 Å². The lowest BCUT2D eigenvalue weighted by Crippen LogP contribution is -2.40. The fraction of sp³-hybridized carbons (Fsp3) is 0.500. The zero-order valence-electron chi connectivity index (χ0n) is 13.6. The highest BCUT2D eigenvalue weighted by molar-refractivity contribution is 5.48. The highest BCUT2D eigenvalue weighted by Gasteiger charge is 2.32. The maximum Gasteiger partial charge on any atom is 0.228 e. The number of hydrogen-bond donors (Lipinski definition) is 3. The van der Waals surface area contributed by atoms with E-state index in [0.717, 1.165) is 25.1 Å². The Hall–Kier alpha value is -2.16. The molecular formula is C16H22N6O2. The summed E-state index contributed by atoms with van der Waals surface area (Å²) in [5, 5.41) is 22.1. The van der Waals surface area contributed by atoms with Gasteiger partial charge in [-0.05, 0) is 32.4 Å². The van der Waals surface area contributed by atoms with Crippen LogP contribution in [0.25, 0.3) is 0 Å². The molecule has 1 aliphatic heterocycles. The van der Waals surface area contributed by atoms with Gasteiger partial charge in [-0.25, -0.2) is 19.9 Å². The van der Waals surface area contributed by atoms with E-state index in [1.165, 1.54) is 0 Å². The van der Waals surface area contributed by atoms with Crippen LogP contribution in [0.4, 0.5) is 11.8 Å². The first kappa shape index (κ1) is 16.7. The topological polar surface area (TPSA) is 107 Å². The van der Waals surface area contributed by atoms with Gasteiger partial charge in [0.05, 0.1) is 31.0 Å². The lowest BCUT2D eigenvalue weighted by molar-refractivity contribution is 0.0641. The van der Waals surface area contributed by atoms with E-state index in [-0.39, 0.29) is 25.3 Å². The Labute approximate surface area is 140 Å². The molecule has 1 atom stereocenters. The van der Waals surface area contributed by atoms with Crippen LogP contribution in [-0.4, -0.2) is 60.8 Å². The number of aliphatic hydroxyl groups excluding tert-OH is 2. The van der Waals surface area contributed by atoms with Crippen molar-refractivity contribution in [2.75, 3.05) is 25.1 Å². The molecule has 1 aliphatic rings. The molecule has 3 rings (SSSR count). The van der Waals surface area contributed by atoms with Crippen LogP contribution in [0.2, 0.25) is 0 Å². The van der Waals surface area contributed by atoms with Crippen molar-refractivity contribution in [3.8, 4) is 0 Å². The maximum absolute atomic E-state index is 9.49. The molecule has 2 aromatic rings. The molecule has 3 heterocycles. The van der Waals surface area contributed by atoms with E-state index in [9.17, 15) is 10.2 Å². The van der Waals surface area contributed by atoms with Crippen LogP contribution in [0.3, 0.4) is 0 Å². The molecule has 0 radical (unpaired) electrons. The first-order chi connectivity index (χ1) is 11.7. The Morgan fingerprint density at radius 3 is 2.71 bits per heavy atom. The molecular weight excluding hydrogens is 308 g/mol. The van der Waals surface area contributed by atoms with Crippen LogP contribution in [-0.2, 0) is 0 Å². The van der Waals surface area contributed by atoms with Crippen LogP contribution < -0.4 is 5.32 Å². The number of hydrogen-bond acceptors (Lipinski definition) is 8. The Morgan fingerprint density at radius 2 is 2.00 bits per heavy atom. The third kappa shape index (κ3) is 3.66. The van der Waals surface area contributed by atoms with Crippen LogP contribution in [0.5, 0.6) is 0 Å². The molecule has 1 saturated heterocycles. The van der Waals surface area contributed by atoms with Crippen molar-refractivity contribution in [2.45, 2.75) is 31.8 Å². The number of aromatic nitrogens is 4. The highest BCUT2D eigenvalue weighted by atomic mass is 16.3. The summed E-state index contributed by atoms with van der Waals surface area (Å²) in [6.07, 6.45) is 5.27. The Balaban J connectivity index is 1.85. The number of nitrogens with zero attached hydrogens (tertiary/aromatic N) is 5. The standard InChI is InChI=1S/C16H22N6O2/c1-11-19-13(14-4-2-7-22(14)12(9-23)10-24)8-15(20-11)21-16-17-5-3-6-18-16/h3,5-6,8,12,14,23-24H,2,4,7,9-10H2,1H3,(H,17,18,19,20,21). The number of nitrogens with one attached hydrogen (secondary N) is 1. The van der Waals surface area contributed by atoms with Gasteiger partial charge < -0.3 is 15.5 Å². The predicted molar refractivity (Wildman–Crippen MR) is 88.7 cm³/mol. The van der Waals surface area contributed by atoms with Gasteiger partial charge in [-0.1, -0.05) is 0 Å². The first-order valence-electron chi connectivity index (χ1n) is 8.08. The van der Waals surface area contributed by atoms with Crippen LogP contribution in [0.15, 0.2) is 24.5 Å². The smallest absolute Gasteiger partial charge is 0.228 e. The van der Waals surface area contributed by atoms with Gasteiger partial charge in [0.25, 0.3) is 0 Å². The average Bonchev–Trinajstić information content (AvgIpc) is 3.06. The lowest BCUT2D eigenvalue weighted by Gasteiger charge is -2.30. The lowest BCUT2D eigenvalue weighted by atomic mass is 10.1. The summed E-state index contributed by atoms with van der Waals surface area (Å²) in [6, 6.07) is 3.44. The molecule has 1 fully saturated rings. The molecule has 128 valence electrons. The normalized spacial score (nSPS) is 18.2. The zero-order chi connectivity index (χ0) is 16.9. The van der Waals surface area contributed by atoms with Crippen molar-refractivity contribution in [1.82, 2.24) is 24.8 Å². The molecule has 1 unspecified atom stereocenters. The van der Waals surface area contributed by atoms with Crippen molar-refractivity contribution in [3.63, 3.8) is 0 Å². The molecule has 0 amide bonds. The summed E-state index contributed by atoms with van der Waals surface area (Å²) >= 11 is 0. The number of likely N-dealkylation sites (tertiary alicyclic amines) is 1. The Bertz CT molecular complexity index is 665. The van der Waals surface area contributed by atoms with E-state index in [2.05, 4.69) is 30.2 Å². The predicted octanol–water partition coefficient (Wildman–Crippen LogP) is 0.809. The quantitative estimate of drug-likeness (QED) is 0.714. The van der Waals surface area contributed by atoms with E-state index in [4.69, 9.17) is 0 Å². The largest absolute Gasteiger partial charge is 0.395 e. The van der Waals surface area contributed by atoms with Gasteiger partial charge in [-0.15, -0.1) is 0 Å². The van der Waals surface area contributed by atoms with E-state index in [1.807, 2.05) is 13.0 Å². The third-order valence-electron chi connectivity index (χ3n) is 4.19. The second-order valence-electron chi connectivity index (χ2n) is 5.84. The maximum atomic E-state index is 9.49. The highest BCUT2D eigenvalue weighted by Crippen LogP contribution is 2.33. The summed E-state index contributed by atoms with van der Waals surface area (Å²) in [4.78, 5) is 19.4. The molecule has 3 N–H and O–H groups in total. The van der Waals surface area contributed by atoms with Crippen molar-refractivity contribution in [3.05, 3.63) is 36.0 Å². The van der Waals surface area contributed by atoms with Gasteiger partial charge >= 0.3 is 0 Å². The summed E-state index contributed by atoms with van der Waals surface area (Å²) in [5.74, 6) is 1.77. The van der Waals surface area contributed by atoms with Crippen LogP contribution >= 0.6 is 0 Å². The number of aliphatic hydroxyl groups is 2. The van der Waals surface area contributed by atoms with Crippen molar-refractivity contribution in [1.29, 1.82) is 0 Å². The van der Waals surface area contributed by atoms with E-state index >= 15 is 0 Å². The van der Waals surface area contributed by atoms with Gasteiger partial charge in [0.15, 0.2) is 0 Å².